The van der Waals surface area contributed by atoms with Crippen molar-refractivity contribution in [1.29, 1.82) is 0 Å². The van der Waals surface area contributed by atoms with Crippen molar-refractivity contribution in [2.75, 3.05) is 4.90 Å². The van der Waals surface area contributed by atoms with Gasteiger partial charge in [-0.2, -0.15) is 0 Å². The van der Waals surface area contributed by atoms with Crippen LogP contribution in [0.4, 0.5) is 11.4 Å². The Morgan fingerprint density at radius 2 is 1.39 bits per heavy atom. The maximum atomic E-state index is 13.7. The normalized spacial score (nSPS) is 11.7. The molecule has 1 atom stereocenters. The molecule has 0 bridgehead atoms. The minimum atomic E-state index is -0.971. The highest BCUT2D eigenvalue weighted by molar-refractivity contribution is 6.05. The number of amides is 1. The monoisotopic (exact) mass is 475 g/mol. The average molecular weight is 476 g/mol. The number of rotatable bonds is 7. The number of esters is 1. The fourth-order valence-corrected chi connectivity index (χ4v) is 4.15. The first-order valence-electron chi connectivity index (χ1n) is 11.8. The maximum Gasteiger partial charge on any atom is 0.339 e. The molecular formula is C30H25N3O3. The molecule has 0 aliphatic rings. The number of anilines is 2. The Bertz CT molecular complexity index is 1420. The molecule has 0 radical (unpaired) electrons. The second kappa shape index (κ2) is 10.3. The van der Waals surface area contributed by atoms with Crippen LogP contribution in [0.1, 0.15) is 23.7 Å². The van der Waals surface area contributed by atoms with Crippen LogP contribution in [-0.2, 0) is 9.53 Å². The number of ether oxygens (including phenoxy) is 1. The zero-order valence-corrected chi connectivity index (χ0v) is 19.8. The summed E-state index contributed by atoms with van der Waals surface area (Å²) in [5.41, 5.74) is 4.03. The second-order valence-electron chi connectivity index (χ2n) is 8.30. The lowest BCUT2D eigenvalue weighted by molar-refractivity contribution is -0.126. The van der Waals surface area contributed by atoms with Crippen molar-refractivity contribution in [1.82, 2.24) is 9.97 Å². The van der Waals surface area contributed by atoms with E-state index in [1.807, 2.05) is 104 Å². The van der Waals surface area contributed by atoms with Gasteiger partial charge < -0.3 is 9.72 Å². The van der Waals surface area contributed by atoms with Crippen LogP contribution in [0.2, 0.25) is 0 Å². The molecule has 1 N–H and O–H groups in total. The lowest BCUT2D eigenvalue weighted by Gasteiger charge is -2.27. The Balaban J connectivity index is 1.45. The molecule has 5 rings (SSSR count). The number of para-hydroxylation sites is 4. The number of carbonyl (C=O) groups excluding carboxylic acids is 2. The van der Waals surface area contributed by atoms with E-state index in [0.29, 0.717) is 34.7 Å². The first-order valence-corrected chi connectivity index (χ1v) is 11.8. The third kappa shape index (κ3) is 4.61. The topological polar surface area (TPSA) is 75.3 Å². The summed E-state index contributed by atoms with van der Waals surface area (Å²) in [6, 6.07) is 33.5. The Kier molecular flexibility index (Phi) is 6.58. The molecule has 5 aromatic rings. The van der Waals surface area contributed by atoms with Gasteiger partial charge in [0.05, 0.1) is 16.6 Å². The molecule has 6 heteroatoms. The Labute approximate surface area is 209 Å². The number of aromatic nitrogens is 2. The highest BCUT2D eigenvalue weighted by Gasteiger charge is 2.30. The van der Waals surface area contributed by atoms with Gasteiger partial charge >= 0.3 is 5.97 Å². The Morgan fingerprint density at radius 1 is 0.806 bits per heavy atom. The van der Waals surface area contributed by atoms with E-state index in [9.17, 15) is 9.59 Å². The minimum Gasteiger partial charge on any atom is -0.449 e. The molecule has 0 spiro atoms. The van der Waals surface area contributed by atoms with Crippen molar-refractivity contribution < 1.29 is 14.3 Å². The predicted octanol–water partition coefficient (Wildman–Crippen LogP) is 6.53. The van der Waals surface area contributed by atoms with E-state index in [1.165, 1.54) is 0 Å². The summed E-state index contributed by atoms with van der Waals surface area (Å²) in [6.07, 6.45) is -0.644. The van der Waals surface area contributed by atoms with Gasteiger partial charge in [0.1, 0.15) is 5.82 Å². The first-order chi connectivity index (χ1) is 17.7. The molecule has 4 aromatic carbocycles. The van der Waals surface area contributed by atoms with Gasteiger partial charge in [0, 0.05) is 16.9 Å². The molecule has 1 heterocycles. The molecule has 0 aliphatic carbocycles. The van der Waals surface area contributed by atoms with Crippen molar-refractivity contribution in [2.45, 2.75) is 19.4 Å². The van der Waals surface area contributed by atoms with Gasteiger partial charge in [-0.3, -0.25) is 9.69 Å². The van der Waals surface area contributed by atoms with E-state index >= 15 is 0 Å². The van der Waals surface area contributed by atoms with Crippen molar-refractivity contribution in [3.05, 3.63) is 115 Å². The fourth-order valence-electron chi connectivity index (χ4n) is 4.15. The minimum absolute atomic E-state index is 0.315. The first kappa shape index (κ1) is 23.1. The molecule has 0 fully saturated rings. The molecule has 0 saturated heterocycles. The van der Waals surface area contributed by atoms with E-state index in [-0.39, 0.29) is 5.91 Å². The summed E-state index contributed by atoms with van der Waals surface area (Å²) in [5, 5.41) is 0. The highest BCUT2D eigenvalue weighted by atomic mass is 16.5. The van der Waals surface area contributed by atoms with E-state index in [2.05, 4.69) is 9.97 Å². The summed E-state index contributed by atoms with van der Waals surface area (Å²) < 4.78 is 5.84. The number of benzene rings is 4. The summed E-state index contributed by atoms with van der Waals surface area (Å²) in [6.45, 7) is 1.83. The van der Waals surface area contributed by atoms with Crippen molar-refractivity contribution in [3.8, 4) is 11.4 Å². The number of nitrogens with one attached hydrogen (secondary N) is 1. The van der Waals surface area contributed by atoms with Crippen LogP contribution in [0.25, 0.3) is 22.4 Å². The number of fused-ring (bicyclic) bond motifs is 1. The fraction of sp³-hybridized carbons (Fsp3) is 0.100. The third-order valence-corrected chi connectivity index (χ3v) is 5.94. The summed E-state index contributed by atoms with van der Waals surface area (Å²) in [4.78, 5) is 36.6. The van der Waals surface area contributed by atoms with Crippen molar-refractivity contribution >= 4 is 34.3 Å². The summed E-state index contributed by atoms with van der Waals surface area (Å²) in [5.74, 6) is -0.324. The van der Waals surface area contributed by atoms with Gasteiger partial charge in [-0.15, -0.1) is 0 Å². The largest absolute Gasteiger partial charge is 0.449 e. The zero-order valence-electron chi connectivity index (χ0n) is 19.8. The number of aromatic amines is 1. The van der Waals surface area contributed by atoms with E-state index in [0.717, 1.165) is 11.0 Å². The van der Waals surface area contributed by atoms with E-state index in [1.54, 1.807) is 17.0 Å². The van der Waals surface area contributed by atoms with Gasteiger partial charge in [-0.25, -0.2) is 9.78 Å². The molecule has 1 unspecified atom stereocenters. The van der Waals surface area contributed by atoms with Crippen LogP contribution >= 0.6 is 0 Å². The van der Waals surface area contributed by atoms with Crippen LogP contribution in [0, 0.1) is 0 Å². The molecular weight excluding hydrogens is 450 g/mol. The smallest absolute Gasteiger partial charge is 0.339 e. The van der Waals surface area contributed by atoms with E-state index < -0.39 is 12.1 Å². The molecule has 178 valence electrons. The lowest BCUT2D eigenvalue weighted by atomic mass is 10.1. The quantitative estimate of drug-likeness (QED) is 0.272. The highest BCUT2D eigenvalue weighted by Crippen LogP contribution is 2.28. The van der Waals surface area contributed by atoms with Gasteiger partial charge in [0.25, 0.3) is 5.91 Å². The number of imidazole rings is 1. The van der Waals surface area contributed by atoms with Crippen molar-refractivity contribution in [2.24, 2.45) is 0 Å². The van der Waals surface area contributed by atoms with Gasteiger partial charge in [0.2, 0.25) is 0 Å². The molecule has 1 aromatic heterocycles. The van der Waals surface area contributed by atoms with Crippen molar-refractivity contribution in [3.63, 3.8) is 0 Å². The molecule has 36 heavy (non-hydrogen) atoms. The Morgan fingerprint density at radius 3 is 2.03 bits per heavy atom. The number of hydrogen-bond donors (Lipinski definition) is 1. The van der Waals surface area contributed by atoms with E-state index in [4.69, 9.17) is 4.74 Å². The predicted molar refractivity (Wildman–Crippen MR) is 141 cm³/mol. The maximum absolute atomic E-state index is 13.7. The van der Waals surface area contributed by atoms with Crippen LogP contribution < -0.4 is 4.90 Å². The zero-order chi connectivity index (χ0) is 24.9. The van der Waals surface area contributed by atoms with Crippen LogP contribution in [-0.4, -0.2) is 27.9 Å². The van der Waals surface area contributed by atoms with Crippen LogP contribution in [0.5, 0.6) is 0 Å². The molecule has 0 saturated carbocycles. The average Bonchev–Trinajstić information content (AvgIpc) is 3.37. The Hall–Kier alpha value is -4.71. The van der Waals surface area contributed by atoms with Gasteiger partial charge in [0.15, 0.2) is 6.10 Å². The summed E-state index contributed by atoms with van der Waals surface area (Å²) in [7, 11) is 0. The van der Waals surface area contributed by atoms with Crippen LogP contribution in [0.15, 0.2) is 109 Å². The standard InChI is InChI=1S/C30H25N3O3/c1-2-27(29(34)33(21-13-5-3-6-14-21)22-15-7-4-8-16-22)36-30(35)24-18-10-9-17-23(24)28-31-25-19-11-12-20-26(25)32-28/h3-20,27H,2H2,1H3,(H,31,32). The number of nitrogens with zero attached hydrogens (tertiary/aromatic N) is 2. The lowest BCUT2D eigenvalue weighted by Crippen LogP contribution is -2.38. The SMILES string of the molecule is CCC(OC(=O)c1ccccc1-c1nc2ccccc2[nH]1)C(=O)N(c1ccccc1)c1ccccc1. The summed E-state index contributed by atoms with van der Waals surface area (Å²) >= 11 is 0. The number of H-pyrrole nitrogens is 1. The number of hydrogen-bond acceptors (Lipinski definition) is 4. The van der Waals surface area contributed by atoms with Gasteiger partial charge in [-0.05, 0) is 48.9 Å². The molecule has 6 nitrogen and oxygen atoms in total. The second-order valence-corrected chi connectivity index (χ2v) is 8.30. The molecule has 1 amide bonds. The van der Waals surface area contributed by atoms with Gasteiger partial charge in [-0.1, -0.05) is 73.7 Å². The number of carbonyl (C=O) groups is 2. The third-order valence-electron chi connectivity index (χ3n) is 5.94. The molecule has 0 aliphatic heterocycles. The van der Waals surface area contributed by atoms with Crippen LogP contribution in [0.3, 0.4) is 0 Å².